The van der Waals surface area contributed by atoms with Crippen LogP contribution in [0.25, 0.3) is 0 Å². The molecule has 0 unspecified atom stereocenters. The number of ether oxygens (including phenoxy) is 2. The molecule has 0 bridgehead atoms. The lowest BCUT2D eigenvalue weighted by Gasteiger charge is -2.45. The van der Waals surface area contributed by atoms with Gasteiger partial charge < -0.3 is 29.1 Å². The van der Waals surface area contributed by atoms with Crippen LogP contribution >= 0.6 is 0 Å². The fraction of sp³-hybridized carbons (Fsp3) is 0.267. The average Bonchev–Trinajstić information content (AvgIpc) is 0.690. The van der Waals surface area contributed by atoms with E-state index in [9.17, 15) is 0 Å². The monoisotopic (exact) mass is 1280 g/mol. The summed E-state index contributed by atoms with van der Waals surface area (Å²) in [7, 11) is 0. The van der Waals surface area contributed by atoms with Crippen LogP contribution in [0.5, 0.6) is 23.0 Å². The highest BCUT2D eigenvalue weighted by Crippen LogP contribution is 2.51. The fourth-order valence-electron chi connectivity index (χ4n) is 15.2. The van der Waals surface area contributed by atoms with Gasteiger partial charge in [-0.05, 0) is 202 Å². The van der Waals surface area contributed by atoms with Crippen molar-refractivity contribution in [2.75, 3.05) is 19.6 Å². The summed E-state index contributed by atoms with van der Waals surface area (Å²) in [6, 6.07) is 87.6. The zero-order chi connectivity index (χ0) is 68.9. The van der Waals surface area contributed by atoms with E-state index in [1.165, 1.54) is 44.3 Å². The Morgan fingerprint density at radius 2 is 0.510 bits per heavy atom. The van der Waals surface area contributed by atoms with Gasteiger partial charge in [0.25, 0.3) is 13.4 Å². The van der Waals surface area contributed by atoms with Crippen molar-refractivity contribution in [3.05, 3.63) is 264 Å². The third kappa shape index (κ3) is 11.3. The van der Waals surface area contributed by atoms with Crippen molar-refractivity contribution >= 4 is 114 Å². The van der Waals surface area contributed by atoms with Crippen molar-refractivity contribution in [2.24, 2.45) is 0 Å². The molecule has 98 heavy (non-hydrogen) atoms. The second-order valence-electron chi connectivity index (χ2n) is 34.0. The number of hydrogen-bond donors (Lipinski definition) is 0. The highest BCUT2D eigenvalue weighted by atomic mass is 16.5. The Bertz CT molecular complexity index is 4470. The van der Waals surface area contributed by atoms with E-state index >= 15 is 0 Å². The largest absolute Gasteiger partial charge is 0.458 e. The molecule has 4 aliphatic rings. The van der Waals surface area contributed by atoms with Crippen molar-refractivity contribution < 1.29 is 9.47 Å². The number of benzene rings is 11. The molecular formula is C90H92B2N4O2. The van der Waals surface area contributed by atoms with Crippen molar-refractivity contribution in [2.45, 2.75) is 157 Å². The second-order valence-corrected chi connectivity index (χ2v) is 34.0. The molecule has 15 rings (SSSR count). The third-order valence-corrected chi connectivity index (χ3v) is 20.9. The van der Waals surface area contributed by atoms with Gasteiger partial charge >= 0.3 is 0 Å². The molecule has 0 fully saturated rings. The van der Waals surface area contributed by atoms with E-state index in [-0.39, 0.29) is 45.9 Å². The molecule has 0 aliphatic carbocycles. The van der Waals surface area contributed by atoms with E-state index in [1.807, 2.05) is 0 Å². The second kappa shape index (κ2) is 23.0. The topological polar surface area (TPSA) is 31.4 Å². The summed E-state index contributed by atoms with van der Waals surface area (Å²) in [5, 5.41) is 0. The Morgan fingerprint density at radius 1 is 0.245 bits per heavy atom. The Labute approximate surface area is 584 Å². The molecule has 0 saturated heterocycles. The van der Waals surface area contributed by atoms with Crippen LogP contribution in [0.1, 0.15) is 158 Å². The molecule has 0 spiro atoms. The molecule has 8 heteroatoms. The first-order valence-corrected chi connectivity index (χ1v) is 35.3. The maximum absolute atomic E-state index is 7.41. The molecule has 0 amide bonds. The zero-order valence-electron chi connectivity index (χ0n) is 60.7. The Hall–Kier alpha value is -9.65. The SMILES string of the molecule is CC(C)(C)c1ccc(N(c2ccc(C(C)(C)C)cc2)c2cc3c4c(c2)N(c2ccc(C(C)(C)C)cc2)c2cc5c(cc2B4c2ccccc2O3)B2c3ccccc3Oc3cc(N(c4ccc(C(C)(C)C)cc4)c4ccc(C(C)(C)C)cc4)cc(c32)N5c2ccc(C(C)(C)C)cc2)cc1. The molecule has 11 aromatic rings. The van der Waals surface area contributed by atoms with Crippen LogP contribution in [0.15, 0.2) is 231 Å². The minimum atomic E-state index is -0.198. The summed E-state index contributed by atoms with van der Waals surface area (Å²) in [5.41, 5.74) is 27.2. The predicted molar refractivity (Wildman–Crippen MR) is 420 cm³/mol. The van der Waals surface area contributed by atoms with Crippen LogP contribution in [0, 0.1) is 0 Å². The highest BCUT2D eigenvalue weighted by Gasteiger charge is 2.48. The maximum atomic E-state index is 7.41. The van der Waals surface area contributed by atoms with Crippen molar-refractivity contribution in [3.8, 4) is 23.0 Å². The average molecular weight is 1280 g/mol. The summed E-state index contributed by atoms with van der Waals surface area (Å²) in [4.78, 5) is 9.97. The van der Waals surface area contributed by atoms with Gasteiger partial charge in [0.15, 0.2) is 0 Å². The predicted octanol–water partition coefficient (Wildman–Crippen LogP) is 21.2. The Balaban J connectivity index is 1.02. The van der Waals surface area contributed by atoms with Crippen LogP contribution in [-0.4, -0.2) is 13.4 Å². The van der Waals surface area contributed by atoms with Gasteiger partial charge in [0.1, 0.15) is 23.0 Å². The molecule has 0 saturated carbocycles. The molecule has 4 heterocycles. The summed E-state index contributed by atoms with van der Waals surface area (Å²) in [6.07, 6.45) is 0. The normalized spacial score (nSPS) is 13.9. The number of fused-ring (bicyclic) bond motifs is 8. The minimum Gasteiger partial charge on any atom is -0.458 e. The van der Waals surface area contributed by atoms with Gasteiger partial charge in [-0.1, -0.05) is 240 Å². The van der Waals surface area contributed by atoms with E-state index < -0.39 is 0 Å². The summed E-state index contributed by atoms with van der Waals surface area (Å²) >= 11 is 0. The zero-order valence-corrected chi connectivity index (χ0v) is 60.7. The first-order valence-electron chi connectivity index (χ1n) is 35.3. The summed E-state index contributed by atoms with van der Waals surface area (Å²) < 4.78 is 14.8. The van der Waals surface area contributed by atoms with Gasteiger partial charge in [0.05, 0.1) is 11.4 Å². The quantitative estimate of drug-likeness (QED) is 0.141. The summed E-state index contributed by atoms with van der Waals surface area (Å²) in [6.45, 7) is 40.9. The lowest BCUT2D eigenvalue weighted by atomic mass is 9.31. The molecule has 0 aromatic heterocycles. The number of rotatable bonds is 8. The number of hydrogen-bond acceptors (Lipinski definition) is 6. The van der Waals surface area contributed by atoms with Crippen molar-refractivity contribution in [1.29, 1.82) is 0 Å². The van der Waals surface area contributed by atoms with E-state index in [4.69, 9.17) is 9.47 Å². The van der Waals surface area contributed by atoms with Gasteiger partial charge in [-0.15, -0.1) is 0 Å². The molecule has 6 nitrogen and oxygen atoms in total. The van der Waals surface area contributed by atoms with E-state index in [0.29, 0.717) is 0 Å². The Kier molecular flexibility index (Phi) is 15.1. The third-order valence-electron chi connectivity index (χ3n) is 20.9. The van der Waals surface area contributed by atoms with E-state index in [0.717, 1.165) is 113 Å². The molecule has 4 aliphatic heterocycles. The lowest BCUT2D eigenvalue weighted by molar-refractivity contribution is 0.487. The standard InChI is InChI=1S/C90H92B2N4O2/c1-85(2,3)57-27-39-63(40-28-57)93(64-41-29-58(30-42-64)86(4,5)6)69-51-77-83-81(53-69)97-79-25-21-19-23-71(79)91(83)73-55-74-76(56-75(73)95(77)67-47-35-61(36-48-67)89(13,14)15)96(68-49-37-62(38-50-68)90(16,17)18)78-52-70(54-82-84(78)92(74)72-24-20-22-26-80(72)98-82)94(65-43-31-59(32-44-65)87(7,8)9)66-45-33-60(34-46-66)88(10,11)12/h19-56H,1-18H3. The molecule has 0 atom stereocenters. The maximum Gasteiger partial charge on any atom is 0.256 e. The van der Waals surface area contributed by atoms with Crippen LogP contribution < -0.4 is 61.9 Å². The summed E-state index contributed by atoms with van der Waals surface area (Å²) in [5.74, 6) is 3.40. The molecule has 490 valence electrons. The first-order chi connectivity index (χ1) is 46.4. The molecule has 0 N–H and O–H groups in total. The van der Waals surface area contributed by atoms with Gasteiger partial charge in [-0.2, -0.15) is 0 Å². The van der Waals surface area contributed by atoms with Crippen LogP contribution in [0.2, 0.25) is 0 Å². The van der Waals surface area contributed by atoms with Gasteiger partial charge in [-0.25, -0.2) is 0 Å². The first kappa shape index (κ1) is 64.4. The van der Waals surface area contributed by atoms with Crippen molar-refractivity contribution in [3.63, 3.8) is 0 Å². The van der Waals surface area contributed by atoms with Crippen LogP contribution in [-0.2, 0) is 32.5 Å². The number of anilines is 12. The van der Waals surface area contributed by atoms with Crippen molar-refractivity contribution in [1.82, 2.24) is 0 Å². The molecular weight excluding hydrogens is 1190 g/mol. The highest BCUT2D eigenvalue weighted by molar-refractivity contribution is 7.02. The van der Waals surface area contributed by atoms with Gasteiger partial charge in [0.2, 0.25) is 0 Å². The van der Waals surface area contributed by atoms with Gasteiger partial charge in [-0.3, -0.25) is 0 Å². The van der Waals surface area contributed by atoms with Crippen LogP contribution in [0.4, 0.5) is 68.2 Å². The number of para-hydroxylation sites is 2. The molecule has 0 radical (unpaired) electrons. The lowest BCUT2D eigenvalue weighted by Crippen LogP contribution is -2.63. The molecule has 11 aromatic carbocycles. The van der Waals surface area contributed by atoms with Crippen LogP contribution in [0.3, 0.4) is 0 Å². The number of nitrogens with zero attached hydrogens (tertiary/aromatic N) is 4. The van der Waals surface area contributed by atoms with Gasteiger partial charge in [0, 0.05) is 69.0 Å². The fourth-order valence-corrected chi connectivity index (χ4v) is 15.2. The van der Waals surface area contributed by atoms with E-state index in [1.54, 1.807) is 0 Å². The smallest absolute Gasteiger partial charge is 0.256 e. The minimum absolute atomic E-state index is 0.0238. The Morgan fingerprint density at radius 3 is 0.786 bits per heavy atom. The van der Waals surface area contributed by atoms with E-state index in [2.05, 4.69) is 375 Å².